The van der Waals surface area contributed by atoms with E-state index in [1.807, 2.05) is 0 Å². The van der Waals surface area contributed by atoms with Crippen molar-refractivity contribution in [3.05, 3.63) is 28.8 Å². The van der Waals surface area contributed by atoms with E-state index >= 15 is 0 Å². The van der Waals surface area contributed by atoms with Crippen LogP contribution in [0, 0.1) is 17.8 Å². The molecule has 9 N–H and O–H groups in total. The number of aliphatic hydroxyl groups is 4. The van der Waals surface area contributed by atoms with Crippen LogP contribution in [0.3, 0.4) is 0 Å². The van der Waals surface area contributed by atoms with E-state index in [2.05, 4.69) is 10.6 Å². The molecule has 3 aliphatic carbocycles. The summed E-state index contributed by atoms with van der Waals surface area (Å²) in [6, 6.07) is 2.28. The molecule has 200 valence electrons. The molecule has 1 aromatic carbocycles. The highest BCUT2D eigenvalue weighted by atomic mass is 16.3. The number of ketones is 2. The van der Waals surface area contributed by atoms with Crippen molar-refractivity contribution in [2.45, 2.75) is 63.4 Å². The summed E-state index contributed by atoms with van der Waals surface area (Å²) in [7, 11) is 0. The highest BCUT2D eigenvalue weighted by Crippen LogP contribution is 2.55. The Balaban J connectivity index is 1.84. The molecule has 2 saturated carbocycles. The number of anilines is 1. The van der Waals surface area contributed by atoms with Gasteiger partial charge in [0.15, 0.2) is 11.4 Å². The van der Waals surface area contributed by atoms with Crippen LogP contribution in [0.4, 0.5) is 10.5 Å². The van der Waals surface area contributed by atoms with Gasteiger partial charge in [-0.05, 0) is 44.7 Å². The van der Waals surface area contributed by atoms with Crippen LogP contribution in [0.25, 0.3) is 5.76 Å². The van der Waals surface area contributed by atoms with Crippen molar-refractivity contribution in [2.24, 2.45) is 23.5 Å². The van der Waals surface area contributed by atoms with E-state index in [1.165, 1.54) is 12.1 Å². The lowest BCUT2D eigenvalue weighted by molar-refractivity contribution is -0.186. The van der Waals surface area contributed by atoms with Gasteiger partial charge in [-0.15, -0.1) is 0 Å². The third-order valence-corrected chi connectivity index (χ3v) is 7.55. The van der Waals surface area contributed by atoms with E-state index in [4.69, 9.17) is 5.73 Å². The van der Waals surface area contributed by atoms with Crippen LogP contribution >= 0.6 is 0 Å². The Labute approximate surface area is 212 Å². The number of primary amides is 1. The average Bonchev–Trinajstić information content (AvgIpc) is 2.76. The zero-order chi connectivity index (χ0) is 27.8. The molecule has 7 atom stereocenters. The maximum absolute atomic E-state index is 13.6. The topological polar surface area (TPSA) is 220 Å². The number of urea groups is 1. The molecule has 0 spiro atoms. The number of nitrogens with two attached hydrogens (primary N) is 1. The van der Waals surface area contributed by atoms with Gasteiger partial charge in [-0.2, -0.15) is 0 Å². The van der Waals surface area contributed by atoms with Gasteiger partial charge in [-0.1, -0.05) is 13.0 Å². The number of phenolic OH excluding ortho intramolecular Hbond substituents is 1. The summed E-state index contributed by atoms with van der Waals surface area (Å²) in [6.07, 6.45) is -3.64. The largest absolute Gasteiger partial charge is 0.507 e. The SMILES string of the molecule is C[C@H]1c2ccc(NC(=O)NC(C)(C)C)c(O)c2C(O)=C2C(=O)[C@]3(O)C(=O)C(C(N)=O)C(O)C[C@@H]3[C@@H](O)[C@@H]21. The molecular formula is C25H31N3O9. The molecule has 4 rings (SSSR count). The number of hydrogen-bond acceptors (Lipinski definition) is 9. The minimum Gasteiger partial charge on any atom is -0.507 e. The lowest BCUT2D eigenvalue weighted by Gasteiger charge is -2.52. The predicted octanol–water partition coefficient (Wildman–Crippen LogP) is 0.0407. The number of rotatable bonds is 2. The molecule has 12 heteroatoms. The molecule has 0 heterocycles. The first kappa shape index (κ1) is 26.6. The Morgan fingerprint density at radius 3 is 2.32 bits per heavy atom. The fraction of sp³-hybridized carbons (Fsp3) is 0.520. The molecule has 0 aliphatic heterocycles. The van der Waals surface area contributed by atoms with E-state index in [0.29, 0.717) is 5.56 Å². The van der Waals surface area contributed by atoms with Crippen molar-refractivity contribution in [3.8, 4) is 5.75 Å². The third-order valence-electron chi connectivity index (χ3n) is 7.55. The lowest BCUT2D eigenvalue weighted by Crippen LogP contribution is -2.70. The fourth-order valence-corrected chi connectivity index (χ4v) is 5.89. The molecular weight excluding hydrogens is 486 g/mol. The number of benzene rings is 1. The summed E-state index contributed by atoms with van der Waals surface area (Å²) < 4.78 is 0. The molecule has 0 saturated heterocycles. The van der Waals surface area contributed by atoms with Crippen LogP contribution in [0.1, 0.15) is 51.2 Å². The molecule has 12 nitrogen and oxygen atoms in total. The summed E-state index contributed by atoms with van der Waals surface area (Å²) in [5.74, 6) is -10.3. The average molecular weight is 518 g/mol. The normalized spacial score (nSPS) is 33.3. The minimum atomic E-state index is -2.92. The summed E-state index contributed by atoms with van der Waals surface area (Å²) in [4.78, 5) is 50.9. The van der Waals surface area contributed by atoms with Gasteiger partial charge in [-0.3, -0.25) is 14.4 Å². The molecule has 3 aliphatic rings. The number of carbonyl (C=O) groups excluding carboxylic acids is 4. The smallest absolute Gasteiger partial charge is 0.319 e. The maximum Gasteiger partial charge on any atom is 0.319 e. The summed E-state index contributed by atoms with van der Waals surface area (Å²) in [5.41, 5.74) is 1.29. The lowest BCUT2D eigenvalue weighted by atomic mass is 9.53. The number of hydrogen-bond donors (Lipinski definition) is 8. The van der Waals surface area contributed by atoms with Crippen LogP contribution in [0.15, 0.2) is 17.7 Å². The van der Waals surface area contributed by atoms with E-state index in [9.17, 15) is 44.7 Å². The van der Waals surface area contributed by atoms with Gasteiger partial charge in [0.25, 0.3) is 0 Å². The monoisotopic (exact) mass is 517 g/mol. The van der Waals surface area contributed by atoms with Gasteiger partial charge in [0.2, 0.25) is 11.7 Å². The predicted molar refractivity (Wildman–Crippen MR) is 129 cm³/mol. The first-order chi connectivity index (χ1) is 17.0. The molecule has 37 heavy (non-hydrogen) atoms. The van der Waals surface area contributed by atoms with Crippen molar-refractivity contribution in [1.82, 2.24) is 5.32 Å². The highest BCUT2D eigenvalue weighted by Gasteiger charge is 2.67. The summed E-state index contributed by atoms with van der Waals surface area (Å²) in [6.45, 7) is 6.89. The highest BCUT2D eigenvalue weighted by molar-refractivity contribution is 6.25. The third kappa shape index (κ3) is 3.87. The van der Waals surface area contributed by atoms with E-state index in [-0.39, 0.29) is 11.3 Å². The van der Waals surface area contributed by atoms with Crippen LogP contribution in [-0.2, 0) is 14.4 Å². The van der Waals surface area contributed by atoms with Gasteiger partial charge in [-0.25, -0.2) is 4.79 Å². The first-order valence-corrected chi connectivity index (χ1v) is 11.9. The molecule has 2 fully saturated rings. The Bertz CT molecular complexity index is 1250. The van der Waals surface area contributed by atoms with Gasteiger partial charge in [0.1, 0.15) is 17.4 Å². The molecule has 0 bridgehead atoms. The van der Waals surface area contributed by atoms with Crippen molar-refractivity contribution in [3.63, 3.8) is 0 Å². The first-order valence-electron chi connectivity index (χ1n) is 11.9. The molecule has 0 radical (unpaired) electrons. The Kier molecular flexibility index (Phi) is 6.13. The molecule has 2 unspecified atom stereocenters. The van der Waals surface area contributed by atoms with E-state index in [0.717, 1.165) is 0 Å². The summed E-state index contributed by atoms with van der Waals surface area (Å²) >= 11 is 0. The Hall–Kier alpha value is -3.48. The van der Waals surface area contributed by atoms with Crippen LogP contribution in [-0.4, -0.2) is 72.4 Å². The Morgan fingerprint density at radius 2 is 1.76 bits per heavy atom. The van der Waals surface area contributed by atoms with Crippen molar-refractivity contribution >= 4 is 35.0 Å². The number of carbonyl (C=O) groups is 4. The van der Waals surface area contributed by atoms with Crippen LogP contribution in [0.5, 0.6) is 5.75 Å². The zero-order valence-electron chi connectivity index (χ0n) is 20.8. The number of aromatic hydroxyl groups is 1. The van der Waals surface area contributed by atoms with Gasteiger partial charge < -0.3 is 41.9 Å². The number of Topliss-reactive ketones (excluding diaryl/α,β-unsaturated/α-hetero) is 2. The number of phenols is 1. The Morgan fingerprint density at radius 1 is 1.14 bits per heavy atom. The van der Waals surface area contributed by atoms with E-state index in [1.54, 1.807) is 27.7 Å². The number of fused-ring (bicyclic) bond motifs is 3. The fourth-order valence-electron chi connectivity index (χ4n) is 5.89. The second-order valence-corrected chi connectivity index (χ2v) is 11.1. The van der Waals surface area contributed by atoms with Crippen LogP contribution in [0.2, 0.25) is 0 Å². The quantitative estimate of drug-likeness (QED) is 0.196. The minimum absolute atomic E-state index is 0.0793. The molecule has 1 aromatic rings. The van der Waals surface area contributed by atoms with Crippen molar-refractivity contribution in [2.75, 3.05) is 5.32 Å². The van der Waals surface area contributed by atoms with Crippen molar-refractivity contribution in [1.29, 1.82) is 0 Å². The van der Waals surface area contributed by atoms with Crippen LogP contribution < -0.4 is 16.4 Å². The second kappa shape index (κ2) is 8.54. The zero-order valence-corrected chi connectivity index (χ0v) is 20.8. The van der Waals surface area contributed by atoms with Gasteiger partial charge >= 0.3 is 6.03 Å². The molecule has 3 amide bonds. The van der Waals surface area contributed by atoms with E-state index < -0.39 is 94.0 Å². The van der Waals surface area contributed by atoms with Gasteiger partial charge in [0, 0.05) is 22.9 Å². The second-order valence-electron chi connectivity index (χ2n) is 11.1. The van der Waals surface area contributed by atoms with Gasteiger partial charge in [0.05, 0.1) is 23.5 Å². The summed E-state index contributed by atoms with van der Waals surface area (Å²) in [5, 5.41) is 60.2. The number of aliphatic hydroxyl groups excluding tert-OH is 3. The number of amides is 3. The van der Waals surface area contributed by atoms with Crippen molar-refractivity contribution < 1.29 is 44.7 Å². The maximum atomic E-state index is 13.6. The molecule has 0 aromatic heterocycles. The standard InChI is InChI=1S/C25H31N3O9/c1-8-9-5-6-11(27-23(36)28-24(2,3)4)18(31)14(9)19(32)16-13(8)17(30)10-7-12(29)15(22(26)35)20(33)25(10,37)21(16)34/h5-6,8,10,12-13,15,17,29-32,37H,7H2,1-4H3,(H2,26,35)(H2,27,28,36)/t8-,10+,12?,13+,15?,17+,25+/m0/s1. The number of nitrogens with one attached hydrogen (secondary N) is 2.